The van der Waals surface area contributed by atoms with Crippen molar-refractivity contribution in [1.82, 2.24) is 0 Å². The van der Waals surface area contributed by atoms with Gasteiger partial charge in [0.05, 0.1) is 5.92 Å². The van der Waals surface area contributed by atoms with E-state index in [1.807, 2.05) is 13.8 Å². The molecule has 0 aliphatic carbocycles. The van der Waals surface area contributed by atoms with Crippen LogP contribution >= 0.6 is 0 Å². The Morgan fingerprint density at radius 3 is 2.08 bits per heavy atom. The van der Waals surface area contributed by atoms with Crippen LogP contribution in [0.3, 0.4) is 0 Å². The molecule has 0 fully saturated rings. The van der Waals surface area contributed by atoms with Gasteiger partial charge in [-0.3, -0.25) is 4.79 Å². The first kappa shape index (κ1) is 19.2. The van der Waals surface area contributed by atoms with Crippen LogP contribution in [-0.4, -0.2) is 5.91 Å². The van der Waals surface area contributed by atoms with Crippen molar-refractivity contribution in [3.05, 3.63) is 64.7 Å². The van der Waals surface area contributed by atoms with Gasteiger partial charge in [0.25, 0.3) is 0 Å². The molecule has 2 rings (SSSR count). The first-order valence-corrected chi connectivity index (χ1v) is 9.28. The number of nitrogens with one attached hydrogen (secondary N) is 1. The minimum absolute atomic E-state index is 0.0422. The average Bonchev–Trinajstić information content (AvgIpc) is 2.56. The van der Waals surface area contributed by atoms with E-state index < -0.39 is 0 Å². The molecular weight excluding hydrogens is 306 g/mol. The standard InChI is InChI=1S/C23H31NO/c1-15(2)13-19-8-11-20(12-9-19)18(6)23(25)24-22-14-21(16(3)4)10-7-17(22)5/h7-12,14-16,18H,13H2,1-6H3,(H,24,25). The second-order valence-electron chi connectivity index (χ2n) is 7.78. The van der Waals surface area contributed by atoms with Crippen LogP contribution in [0.2, 0.25) is 0 Å². The molecule has 0 aliphatic rings. The quantitative estimate of drug-likeness (QED) is 0.682. The number of carbonyl (C=O) groups excluding carboxylic acids is 1. The van der Waals surface area contributed by atoms with E-state index in [1.165, 1.54) is 11.1 Å². The Kier molecular flexibility index (Phi) is 6.41. The smallest absolute Gasteiger partial charge is 0.231 e. The maximum Gasteiger partial charge on any atom is 0.231 e. The molecule has 0 spiro atoms. The zero-order valence-electron chi connectivity index (χ0n) is 16.4. The van der Waals surface area contributed by atoms with Gasteiger partial charge in [-0.1, -0.05) is 64.1 Å². The predicted octanol–water partition coefficient (Wildman–Crippen LogP) is 6.06. The fourth-order valence-electron chi connectivity index (χ4n) is 2.94. The lowest BCUT2D eigenvalue weighted by Crippen LogP contribution is -2.19. The first-order chi connectivity index (χ1) is 11.8. The zero-order chi connectivity index (χ0) is 18.6. The van der Waals surface area contributed by atoms with E-state index in [1.54, 1.807) is 0 Å². The fourth-order valence-corrected chi connectivity index (χ4v) is 2.94. The summed E-state index contributed by atoms with van der Waals surface area (Å²) in [5.41, 5.74) is 5.64. The molecule has 0 radical (unpaired) electrons. The number of rotatable bonds is 6. The van der Waals surface area contributed by atoms with Crippen molar-refractivity contribution in [3.8, 4) is 0 Å². The Balaban J connectivity index is 2.11. The summed E-state index contributed by atoms with van der Waals surface area (Å²) in [5.74, 6) is 0.959. The number of hydrogen-bond acceptors (Lipinski definition) is 1. The molecule has 2 nitrogen and oxygen atoms in total. The largest absolute Gasteiger partial charge is 0.325 e. The van der Waals surface area contributed by atoms with Crippen molar-refractivity contribution in [3.63, 3.8) is 0 Å². The minimum Gasteiger partial charge on any atom is -0.325 e. The Hall–Kier alpha value is -2.09. The fraction of sp³-hybridized carbons (Fsp3) is 0.435. The number of hydrogen-bond donors (Lipinski definition) is 1. The van der Waals surface area contributed by atoms with Gasteiger partial charge >= 0.3 is 0 Å². The third-order valence-electron chi connectivity index (χ3n) is 4.70. The second-order valence-corrected chi connectivity index (χ2v) is 7.78. The molecular formula is C23H31NO. The number of carbonyl (C=O) groups is 1. The lowest BCUT2D eigenvalue weighted by molar-refractivity contribution is -0.117. The Bertz CT molecular complexity index is 713. The van der Waals surface area contributed by atoms with Crippen molar-refractivity contribution in [1.29, 1.82) is 0 Å². The Morgan fingerprint density at radius 2 is 1.52 bits per heavy atom. The summed E-state index contributed by atoms with van der Waals surface area (Å²) in [6, 6.07) is 14.8. The topological polar surface area (TPSA) is 29.1 Å². The summed E-state index contributed by atoms with van der Waals surface area (Å²) in [6.45, 7) is 12.8. The van der Waals surface area contributed by atoms with Gasteiger partial charge in [0, 0.05) is 5.69 Å². The number of amides is 1. The molecule has 0 aromatic heterocycles. The van der Waals surface area contributed by atoms with Gasteiger partial charge in [-0.15, -0.1) is 0 Å². The number of aryl methyl sites for hydroxylation is 1. The van der Waals surface area contributed by atoms with Gasteiger partial charge in [-0.25, -0.2) is 0 Å². The van der Waals surface area contributed by atoms with Crippen molar-refractivity contribution in [2.75, 3.05) is 5.32 Å². The van der Waals surface area contributed by atoms with E-state index in [0.717, 1.165) is 23.2 Å². The van der Waals surface area contributed by atoms with E-state index >= 15 is 0 Å². The van der Waals surface area contributed by atoms with Crippen LogP contribution in [-0.2, 0) is 11.2 Å². The maximum atomic E-state index is 12.7. The van der Waals surface area contributed by atoms with Crippen molar-refractivity contribution >= 4 is 11.6 Å². The van der Waals surface area contributed by atoms with Gasteiger partial charge in [0.2, 0.25) is 5.91 Å². The van der Waals surface area contributed by atoms with E-state index in [2.05, 4.69) is 75.5 Å². The van der Waals surface area contributed by atoms with Gasteiger partial charge in [0.1, 0.15) is 0 Å². The molecule has 0 heterocycles. The maximum absolute atomic E-state index is 12.7. The molecule has 2 aromatic rings. The number of benzene rings is 2. The Labute approximate surface area is 152 Å². The van der Waals surface area contributed by atoms with Crippen molar-refractivity contribution in [2.45, 2.75) is 59.8 Å². The van der Waals surface area contributed by atoms with E-state index in [0.29, 0.717) is 11.8 Å². The molecule has 1 amide bonds. The van der Waals surface area contributed by atoms with Gasteiger partial charge in [-0.2, -0.15) is 0 Å². The molecule has 0 aliphatic heterocycles. The lowest BCUT2D eigenvalue weighted by Gasteiger charge is -2.16. The summed E-state index contributed by atoms with van der Waals surface area (Å²) in [7, 11) is 0. The highest BCUT2D eigenvalue weighted by molar-refractivity contribution is 5.96. The summed E-state index contributed by atoms with van der Waals surface area (Å²) < 4.78 is 0. The van der Waals surface area contributed by atoms with Crippen LogP contribution in [0.25, 0.3) is 0 Å². The van der Waals surface area contributed by atoms with Crippen molar-refractivity contribution in [2.24, 2.45) is 5.92 Å². The summed E-state index contributed by atoms with van der Waals surface area (Å²) >= 11 is 0. The zero-order valence-corrected chi connectivity index (χ0v) is 16.4. The Morgan fingerprint density at radius 1 is 0.920 bits per heavy atom. The SMILES string of the molecule is Cc1ccc(C(C)C)cc1NC(=O)C(C)c1ccc(CC(C)C)cc1. The van der Waals surface area contributed by atoms with Gasteiger partial charge in [-0.05, 0) is 60.4 Å². The molecule has 25 heavy (non-hydrogen) atoms. The summed E-state index contributed by atoms with van der Waals surface area (Å²) in [4.78, 5) is 12.7. The van der Waals surface area contributed by atoms with Crippen LogP contribution in [0, 0.1) is 12.8 Å². The highest BCUT2D eigenvalue weighted by atomic mass is 16.1. The highest BCUT2D eigenvalue weighted by Gasteiger charge is 2.16. The second kappa shape index (κ2) is 8.33. The van der Waals surface area contributed by atoms with E-state index in [9.17, 15) is 4.79 Å². The van der Waals surface area contributed by atoms with Crippen LogP contribution in [0.1, 0.15) is 68.7 Å². The first-order valence-electron chi connectivity index (χ1n) is 9.28. The minimum atomic E-state index is -0.171. The van der Waals surface area contributed by atoms with Crippen LogP contribution in [0.15, 0.2) is 42.5 Å². The normalized spacial score (nSPS) is 12.5. The van der Waals surface area contributed by atoms with Crippen molar-refractivity contribution < 1.29 is 4.79 Å². The van der Waals surface area contributed by atoms with Crippen LogP contribution in [0.4, 0.5) is 5.69 Å². The molecule has 0 saturated heterocycles. The predicted molar refractivity (Wildman–Crippen MR) is 107 cm³/mol. The third kappa shape index (κ3) is 5.19. The van der Waals surface area contributed by atoms with Crippen LogP contribution < -0.4 is 5.32 Å². The average molecular weight is 338 g/mol. The molecule has 1 N–H and O–H groups in total. The highest BCUT2D eigenvalue weighted by Crippen LogP contribution is 2.25. The van der Waals surface area contributed by atoms with Gasteiger partial charge in [0.15, 0.2) is 0 Å². The summed E-state index contributed by atoms with van der Waals surface area (Å²) in [6.07, 6.45) is 1.07. The summed E-state index contributed by atoms with van der Waals surface area (Å²) in [5, 5.41) is 3.11. The molecule has 2 aromatic carbocycles. The number of anilines is 1. The third-order valence-corrected chi connectivity index (χ3v) is 4.70. The van der Waals surface area contributed by atoms with Gasteiger partial charge < -0.3 is 5.32 Å². The molecule has 0 bridgehead atoms. The van der Waals surface area contributed by atoms with E-state index in [-0.39, 0.29) is 11.8 Å². The molecule has 0 saturated carbocycles. The van der Waals surface area contributed by atoms with Crippen LogP contribution in [0.5, 0.6) is 0 Å². The lowest BCUT2D eigenvalue weighted by atomic mass is 9.96. The molecule has 1 unspecified atom stereocenters. The molecule has 2 heteroatoms. The molecule has 1 atom stereocenters. The van der Waals surface area contributed by atoms with E-state index in [4.69, 9.17) is 0 Å². The molecule has 134 valence electrons. The monoisotopic (exact) mass is 337 g/mol.